The topological polar surface area (TPSA) is 55.1 Å². The van der Waals surface area contributed by atoms with Crippen molar-refractivity contribution in [1.29, 1.82) is 0 Å². The minimum atomic E-state index is -0.519. The predicted molar refractivity (Wildman–Crippen MR) is 87.9 cm³/mol. The summed E-state index contributed by atoms with van der Waals surface area (Å²) in [7, 11) is 0. The molecule has 2 aromatic carbocycles. The van der Waals surface area contributed by atoms with Gasteiger partial charge in [-0.1, -0.05) is 63.2 Å². The van der Waals surface area contributed by atoms with Gasteiger partial charge >= 0.3 is 0 Å². The number of carbonyl (C=O) groups excluding carboxylic acids is 1. The SMILES string of the molecule is C[C@H](NC(=O)[C@@H](N)C(C)(C)C)c1cccc2ccccc12. The second kappa shape index (κ2) is 5.86. The van der Waals surface area contributed by atoms with Gasteiger partial charge in [0, 0.05) is 0 Å². The van der Waals surface area contributed by atoms with Gasteiger partial charge < -0.3 is 11.1 Å². The van der Waals surface area contributed by atoms with Gasteiger partial charge in [-0.3, -0.25) is 4.79 Å². The van der Waals surface area contributed by atoms with Crippen LogP contribution >= 0.6 is 0 Å². The third-order valence-electron chi connectivity index (χ3n) is 3.86. The van der Waals surface area contributed by atoms with Crippen LogP contribution in [0.15, 0.2) is 42.5 Å². The molecule has 2 aromatic rings. The molecule has 2 atom stereocenters. The molecule has 1 amide bonds. The van der Waals surface area contributed by atoms with Crippen molar-refractivity contribution in [1.82, 2.24) is 5.32 Å². The van der Waals surface area contributed by atoms with Gasteiger partial charge in [0.25, 0.3) is 0 Å². The summed E-state index contributed by atoms with van der Waals surface area (Å²) in [6.45, 7) is 7.91. The summed E-state index contributed by atoms with van der Waals surface area (Å²) in [5.74, 6) is -0.108. The van der Waals surface area contributed by atoms with E-state index in [2.05, 4.69) is 29.6 Å². The molecule has 3 N–H and O–H groups in total. The number of hydrogen-bond donors (Lipinski definition) is 2. The lowest BCUT2D eigenvalue weighted by Crippen LogP contribution is -2.49. The van der Waals surface area contributed by atoms with Gasteiger partial charge in [0.15, 0.2) is 0 Å². The second-order valence-electron chi connectivity index (χ2n) is 6.64. The predicted octanol–water partition coefficient (Wildman–Crippen LogP) is 3.39. The zero-order valence-electron chi connectivity index (χ0n) is 13.2. The molecule has 0 bridgehead atoms. The number of rotatable bonds is 3. The van der Waals surface area contributed by atoms with Crippen LogP contribution in [0.1, 0.15) is 39.3 Å². The number of benzene rings is 2. The van der Waals surface area contributed by atoms with Crippen molar-refractivity contribution in [2.75, 3.05) is 0 Å². The molecule has 0 unspecified atom stereocenters. The maximum absolute atomic E-state index is 12.3. The summed E-state index contributed by atoms with van der Waals surface area (Å²) in [5, 5.41) is 5.37. The molecule has 112 valence electrons. The highest BCUT2D eigenvalue weighted by molar-refractivity contribution is 5.87. The second-order valence-corrected chi connectivity index (χ2v) is 6.64. The average molecular weight is 284 g/mol. The van der Waals surface area contributed by atoms with Crippen molar-refractivity contribution in [2.24, 2.45) is 11.1 Å². The van der Waals surface area contributed by atoms with Crippen LogP contribution in [0.5, 0.6) is 0 Å². The van der Waals surface area contributed by atoms with Gasteiger partial charge in [0.05, 0.1) is 12.1 Å². The molecule has 0 aliphatic heterocycles. The van der Waals surface area contributed by atoms with Crippen LogP contribution in [0.25, 0.3) is 10.8 Å². The van der Waals surface area contributed by atoms with E-state index in [9.17, 15) is 4.79 Å². The van der Waals surface area contributed by atoms with Crippen molar-refractivity contribution in [3.63, 3.8) is 0 Å². The minimum absolute atomic E-state index is 0.0722. The Bertz CT molecular complexity index is 638. The third kappa shape index (κ3) is 3.42. The number of fused-ring (bicyclic) bond motifs is 1. The van der Waals surface area contributed by atoms with Crippen LogP contribution in [0, 0.1) is 5.41 Å². The standard InChI is InChI=1S/C18H24N2O/c1-12(20-17(21)16(19)18(2,3)4)14-11-7-9-13-8-5-6-10-15(13)14/h5-12,16H,19H2,1-4H3,(H,20,21)/t12-,16+/m0/s1. The molecule has 0 heterocycles. The number of amides is 1. The van der Waals surface area contributed by atoms with Crippen LogP contribution in [0.3, 0.4) is 0 Å². The first-order valence-electron chi connectivity index (χ1n) is 7.34. The molecular formula is C18H24N2O. The van der Waals surface area contributed by atoms with E-state index in [0.29, 0.717) is 0 Å². The highest BCUT2D eigenvalue weighted by Crippen LogP contribution is 2.25. The van der Waals surface area contributed by atoms with E-state index in [1.807, 2.05) is 45.9 Å². The lowest BCUT2D eigenvalue weighted by Gasteiger charge is -2.27. The Labute approximate surface area is 126 Å². The molecule has 0 fully saturated rings. The van der Waals surface area contributed by atoms with Gasteiger partial charge in [-0.05, 0) is 28.7 Å². The van der Waals surface area contributed by atoms with E-state index in [0.717, 1.165) is 10.9 Å². The summed E-state index contributed by atoms with van der Waals surface area (Å²) >= 11 is 0. The fourth-order valence-corrected chi connectivity index (χ4v) is 2.40. The first-order valence-corrected chi connectivity index (χ1v) is 7.34. The summed E-state index contributed by atoms with van der Waals surface area (Å²) < 4.78 is 0. The molecule has 0 aliphatic rings. The average Bonchev–Trinajstić information content (AvgIpc) is 2.44. The minimum Gasteiger partial charge on any atom is -0.348 e. The van der Waals surface area contributed by atoms with E-state index in [-0.39, 0.29) is 17.4 Å². The van der Waals surface area contributed by atoms with Crippen LogP contribution in [-0.4, -0.2) is 11.9 Å². The first-order chi connectivity index (χ1) is 9.80. The molecule has 0 spiro atoms. The molecule has 2 rings (SSSR count). The molecule has 0 aromatic heterocycles. The number of hydrogen-bond acceptors (Lipinski definition) is 2. The highest BCUT2D eigenvalue weighted by Gasteiger charge is 2.28. The summed E-state index contributed by atoms with van der Waals surface area (Å²) in [5.41, 5.74) is 6.89. The number of nitrogens with one attached hydrogen (secondary N) is 1. The molecule has 21 heavy (non-hydrogen) atoms. The summed E-state index contributed by atoms with van der Waals surface area (Å²) in [6, 6.07) is 13.7. The molecule has 3 heteroatoms. The fourth-order valence-electron chi connectivity index (χ4n) is 2.40. The number of nitrogens with two attached hydrogens (primary N) is 1. The molecule has 0 radical (unpaired) electrons. The Morgan fingerprint density at radius 2 is 1.71 bits per heavy atom. The van der Waals surface area contributed by atoms with Gasteiger partial charge in [-0.2, -0.15) is 0 Å². The van der Waals surface area contributed by atoms with Crippen LogP contribution in [0.2, 0.25) is 0 Å². The lowest BCUT2D eigenvalue weighted by molar-refractivity contribution is -0.125. The van der Waals surface area contributed by atoms with Gasteiger partial charge in [-0.25, -0.2) is 0 Å². The maximum atomic E-state index is 12.3. The van der Waals surface area contributed by atoms with Gasteiger partial charge in [-0.15, -0.1) is 0 Å². The van der Waals surface area contributed by atoms with Crippen molar-refractivity contribution in [3.8, 4) is 0 Å². The molecular weight excluding hydrogens is 260 g/mol. The Balaban J connectivity index is 2.23. The van der Waals surface area contributed by atoms with E-state index in [1.54, 1.807) is 0 Å². The summed E-state index contributed by atoms with van der Waals surface area (Å²) in [4.78, 5) is 12.3. The monoisotopic (exact) mass is 284 g/mol. The Hall–Kier alpha value is -1.87. The quantitative estimate of drug-likeness (QED) is 0.907. The summed E-state index contributed by atoms with van der Waals surface area (Å²) in [6.07, 6.45) is 0. The van der Waals surface area contributed by atoms with E-state index >= 15 is 0 Å². The Morgan fingerprint density at radius 3 is 2.38 bits per heavy atom. The van der Waals surface area contributed by atoms with E-state index in [4.69, 9.17) is 5.73 Å². The zero-order valence-corrected chi connectivity index (χ0v) is 13.2. The molecule has 0 aliphatic carbocycles. The highest BCUT2D eigenvalue weighted by atomic mass is 16.2. The van der Waals surface area contributed by atoms with Crippen molar-refractivity contribution in [2.45, 2.75) is 39.8 Å². The smallest absolute Gasteiger partial charge is 0.237 e. The van der Waals surface area contributed by atoms with E-state index in [1.165, 1.54) is 5.39 Å². The van der Waals surface area contributed by atoms with Gasteiger partial charge in [0.1, 0.15) is 0 Å². The van der Waals surface area contributed by atoms with Crippen molar-refractivity contribution in [3.05, 3.63) is 48.0 Å². The molecule has 0 saturated heterocycles. The molecule has 0 saturated carbocycles. The Morgan fingerprint density at radius 1 is 1.10 bits per heavy atom. The Kier molecular flexibility index (Phi) is 4.33. The fraction of sp³-hybridized carbons (Fsp3) is 0.389. The maximum Gasteiger partial charge on any atom is 0.237 e. The molecule has 3 nitrogen and oxygen atoms in total. The van der Waals surface area contributed by atoms with Gasteiger partial charge in [0.2, 0.25) is 5.91 Å². The van der Waals surface area contributed by atoms with Crippen LogP contribution in [-0.2, 0) is 4.79 Å². The van der Waals surface area contributed by atoms with Crippen LogP contribution in [0.4, 0.5) is 0 Å². The lowest BCUT2D eigenvalue weighted by atomic mass is 9.86. The van der Waals surface area contributed by atoms with Crippen LogP contribution < -0.4 is 11.1 Å². The zero-order chi connectivity index (χ0) is 15.6. The van der Waals surface area contributed by atoms with E-state index < -0.39 is 6.04 Å². The normalized spacial score (nSPS) is 14.7. The number of carbonyl (C=O) groups is 1. The van der Waals surface area contributed by atoms with Crippen molar-refractivity contribution >= 4 is 16.7 Å². The third-order valence-corrected chi connectivity index (χ3v) is 3.86. The first kappa shape index (κ1) is 15.5. The largest absolute Gasteiger partial charge is 0.348 e. The van der Waals surface area contributed by atoms with Crippen molar-refractivity contribution < 1.29 is 4.79 Å².